The van der Waals surface area contributed by atoms with E-state index in [-0.39, 0.29) is 0 Å². The van der Waals surface area contributed by atoms with Gasteiger partial charge in [0.05, 0.1) is 18.3 Å². The van der Waals surface area contributed by atoms with Crippen LogP contribution in [0.25, 0.3) is 10.9 Å². The summed E-state index contributed by atoms with van der Waals surface area (Å²) in [4.78, 5) is 11.2. The third-order valence-electron chi connectivity index (χ3n) is 2.37. The highest BCUT2D eigenvalue weighted by atomic mass is 16.5. The van der Waals surface area contributed by atoms with E-state index in [4.69, 9.17) is 15.7 Å². The number of hydrogen-bond acceptors (Lipinski definition) is 4. The predicted molar refractivity (Wildman–Crippen MR) is 58.9 cm³/mol. The molecule has 0 aliphatic rings. The van der Waals surface area contributed by atoms with Crippen molar-refractivity contribution in [1.82, 2.24) is 4.57 Å². The maximum atomic E-state index is 11.2. The highest BCUT2D eigenvalue weighted by molar-refractivity contribution is 5.99. The van der Waals surface area contributed by atoms with Crippen LogP contribution in [-0.2, 0) is 0 Å². The first-order chi connectivity index (χ1) is 7.67. The minimum atomic E-state index is -0.625. The summed E-state index contributed by atoms with van der Waals surface area (Å²) in [7, 11) is 1.53. The molecule has 0 spiro atoms. The van der Waals surface area contributed by atoms with Gasteiger partial charge in [-0.1, -0.05) is 0 Å². The summed E-state index contributed by atoms with van der Waals surface area (Å²) in [5, 5.41) is 9.59. The first kappa shape index (κ1) is 10.3. The van der Waals surface area contributed by atoms with Gasteiger partial charge >= 0.3 is 6.03 Å². The molecule has 16 heavy (non-hydrogen) atoms. The number of carbonyl (C=O) groups excluding carboxylic acids is 1. The van der Waals surface area contributed by atoms with Gasteiger partial charge in [0.2, 0.25) is 0 Å². The lowest BCUT2D eigenvalue weighted by Crippen LogP contribution is -2.18. The number of aromatic nitrogens is 1. The van der Waals surface area contributed by atoms with Crippen LogP contribution in [-0.4, -0.2) is 22.9 Å². The molecule has 0 saturated carbocycles. The Morgan fingerprint density at radius 3 is 2.88 bits per heavy atom. The smallest absolute Gasteiger partial charge is 0.323 e. The molecule has 84 valence electrons. The molecule has 4 N–H and O–H groups in total. The lowest BCUT2D eigenvalue weighted by atomic mass is 10.2. The number of rotatable bonds is 2. The number of anilines is 1. The fourth-order valence-electron chi connectivity index (χ4n) is 1.61. The number of primary amides is 1. The second kappa shape index (κ2) is 3.74. The molecule has 6 heteroatoms. The zero-order valence-electron chi connectivity index (χ0n) is 8.60. The summed E-state index contributed by atoms with van der Waals surface area (Å²) in [6.07, 6.45) is 1.42. The Morgan fingerprint density at radius 1 is 1.56 bits per heavy atom. The van der Waals surface area contributed by atoms with Crippen molar-refractivity contribution < 1.29 is 14.7 Å². The van der Waals surface area contributed by atoms with Crippen LogP contribution in [0.15, 0.2) is 24.4 Å². The molecule has 1 heterocycles. The van der Waals surface area contributed by atoms with Gasteiger partial charge in [0.15, 0.2) is 0 Å². The second-order valence-corrected chi connectivity index (χ2v) is 3.25. The van der Waals surface area contributed by atoms with Gasteiger partial charge in [-0.2, -0.15) is 0 Å². The van der Waals surface area contributed by atoms with Gasteiger partial charge in [0, 0.05) is 17.6 Å². The van der Waals surface area contributed by atoms with Crippen LogP contribution in [0.1, 0.15) is 0 Å². The van der Waals surface area contributed by atoms with E-state index in [0.717, 1.165) is 0 Å². The number of nitrogens with one attached hydrogen (secondary N) is 1. The van der Waals surface area contributed by atoms with E-state index < -0.39 is 6.03 Å². The van der Waals surface area contributed by atoms with Gasteiger partial charge in [-0.15, -0.1) is 0 Å². The monoisotopic (exact) mass is 221 g/mol. The molecule has 0 saturated heterocycles. The first-order valence-electron chi connectivity index (χ1n) is 4.56. The maximum Gasteiger partial charge on any atom is 0.323 e. The molecule has 1 aromatic heterocycles. The average Bonchev–Trinajstić information content (AvgIpc) is 2.66. The van der Waals surface area contributed by atoms with E-state index in [1.807, 2.05) is 5.48 Å². The standard InChI is InChI=1S/C10H11N3O3/c1-16-6-2-3-7-8(12-15)5-13(10(11)14)9(7)4-6/h2-5,12,15H,1H3,(H2,11,14). The highest BCUT2D eigenvalue weighted by Gasteiger charge is 2.11. The van der Waals surface area contributed by atoms with Crippen molar-refractivity contribution in [3.8, 4) is 5.75 Å². The summed E-state index contributed by atoms with van der Waals surface area (Å²) >= 11 is 0. The van der Waals surface area contributed by atoms with Crippen LogP contribution in [0, 0.1) is 0 Å². The summed E-state index contributed by atoms with van der Waals surface area (Å²) < 4.78 is 6.28. The van der Waals surface area contributed by atoms with Crippen LogP contribution in [0.3, 0.4) is 0 Å². The summed E-state index contributed by atoms with van der Waals surface area (Å²) in [6, 6.07) is 4.50. The summed E-state index contributed by atoms with van der Waals surface area (Å²) in [5.41, 5.74) is 8.21. The molecule has 2 rings (SSSR count). The van der Waals surface area contributed by atoms with Crippen LogP contribution in [0.2, 0.25) is 0 Å². The predicted octanol–water partition coefficient (Wildman–Crippen LogP) is 1.38. The lowest BCUT2D eigenvalue weighted by molar-refractivity contribution is 0.251. The van der Waals surface area contributed by atoms with Crippen LogP contribution in [0.4, 0.5) is 10.5 Å². The first-order valence-corrected chi connectivity index (χ1v) is 4.56. The SMILES string of the molecule is COc1ccc2c(NO)cn(C(N)=O)c2c1. The third-order valence-corrected chi connectivity index (χ3v) is 2.37. The molecule has 0 aliphatic heterocycles. The number of nitrogens with two attached hydrogens (primary N) is 1. The summed E-state index contributed by atoms with van der Waals surface area (Å²) in [6.45, 7) is 0. The van der Waals surface area contributed by atoms with Crippen molar-refractivity contribution >= 4 is 22.6 Å². The molecule has 0 aliphatic carbocycles. The second-order valence-electron chi connectivity index (χ2n) is 3.25. The quantitative estimate of drug-likeness (QED) is 0.668. The van der Waals surface area contributed by atoms with Crippen LogP contribution >= 0.6 is 0 Å². The van der Waals surface area contributed by atoms with Crippen LogP contribution < -0.4 is 16.0 Å². The molecule has 0 radical (unpaired) electrons. The molecule has 1 amide bonds. The van der Waals surface area contributed by atoms with Crippen molar-refractivity contribution in [3.63, 3.8) is 0 Å². The van der Waals surface area contributed by atoms with Gasteiger partial charge in [0.25, 0.3) is 0 Å². The van der Waals surface area contributed by atoms with Crippen molar-refractivity contribution in [2.24, 2.45) is 5.73 Å². The zero-order valence-corrected chi connectivity index (χ0v) is 8.60. The lowest BCUT2D eigenvalue weighted by Gasteiger charge is -2.02. The van der Waals surface area contributed by atoms with Crippen molar-refractivity contribution in [2.45, 2.75) is 0 Å². The van der Waals surface area contributed by atoms with Crippen molar-refractivity contribution in [2.75, 3.05) is 12.6 Å². The number of amides is 1. The Balaban J connectivity index is 2.75. The van der Waals surface area contributed by atoms with Gasteiger partial charge < -0.3 is 10.5 Å². The molecule has 2 aromatic rings. The zero-order chi connectivity index (χ0) is 11.7. The number of benzene rings is 1. The number of methoxy groups -OCH3 is 1. The molecule has 6 nitrogen and oxygen atoms in total. The van der Waals surface area contributed by atoms with Gasteiger partial charge in [-0.05, 0) is 12.1 Å². The molecule has 0 fully saturated rings. The highest BCUT2D eigenvalue weighted by Crippen LogP contribution is 2.28. The normalized spacial score (nSPS) is 10.4. The molecular weight excluding hydrogens is 210 g/mol. The topological polar surface area (TPSA) is 89.5 Å². The van der Waals surface area contributed by atoms with E-state index >= 15 is 0 Å². The third kappa shape index (κ3) is 1.45. The van der Waals surface area contributed by atoms with E-state index in [9.17, 15) is 4.79 Å². The van der Waals surface area contributed by atoms with Gasteiger partial charge in [-0.3, -0.25) is 15.3 Å². The largest absolute Gasteiger partial charge is 0.497 e. The fraction of sp³-hybridized carbons (Fsp3) is 0.100. The number of fused-ring (bicyclic) bond motifs is 1. The van der Waals surface area contributed by atoms with E-state index in [0.29, 0.717) is 22.3 Å². The number of nitrogens with zero attached hydrogens (tertiary/aromatic N) is 1. The molecule has 1 aromatic carbocycles. The molecule has 0 unspecified atom stereocenters. The van der Waals surface area contributed by atoms with E-state index in [1.165, 1.54) is 17.9 Å². The van der Waals surface area contributed by atoms with Crippen molar-refractivity contribution in [1.29, 1.82) is 0 Å². The van der Waals surface area contributed by atoms with Gasteiger partial charge in [0.1, 0.15) is 5.75 Å². The molecule has 0 bridgehead atoms. The van der Waals surface area contributed by atoms with Crippen molar-refractivity contribution in [3.05, 3.63) is 24.4 Å². The maximum absolute atomic E-state index is 11.2. The molecular formula is C10H11N3O3. The van der Waals surface area contributed by atoms with Crippen LogP contribution in [0.5, 0.6) is 5.75 Å². The Kier molecular flexibility index (Phi) is 2.41. The Labute approximate surface area is 91.2 Å². The molecule has 0 atom stereocenters. The van der Waals surface area contributed by atoms with E-state index in [1.54, 1.807) is 18.2 Å². The summed E-state index contributed by atoms with van der Waals surface area (Å²) in [5.74, 6) is 0.609. The minimum Gasteiger partial charge on any atom is -0.497 e. The fourth-order valence-corrected chi connectivity index (χ4v) is 1.61. The van der Waals surface area contributed by atoms with Gasteiger partial charge in [-0.25, -0.2) is 4.79 Å². The number of hydrogen-bond donors (Lipinski definition) is 3. The Morgan fingerprint density at radius 2 is 2.31 bits per heavy atom. The number of carbonyl (C=O) groups is 1. The Bertz CT molecular complexity index is 547. The minimum absolute atomic E-state index is 0.413. The average molecular weight is 221 g/mol. The number of ether oxygens (including phenoxy) is 1. The Hall–Kier alpha value is -2.21. The van der Waals surface area contributed by atoms with E-state index in [2.05, 4.69) is 0 Å².